The maximum atomic E-state index is 15.2. The van der Waals surface area contributed by atoms with E-state index in [1.165, 1.54) is 6.07 Å². The van der Waals surface area contributed by atoms with E-state index in [2.05, 4.69) is 11.8 Å². The highest BCUT2D eigenvalue weighted by Crippen LogP contribution is 2.48. The number of likely N-dealkylation sites (tertiary alicyclic amines) is 1. The lowest BCUT2D eigenvalue weighted by Gasteiger charge is -2.43. The highest BCUT2D eigenvalue weighted by molar-refractivity contribution is 5.73. The number of aromatic hydroxyl groups is 2. The molecule has 178 valence electrons. The molecule has 3 aromatic carbocycles. The summed E-state index contributed by atoms with van der Waals surface area (Å²) in [6.45, 7) is 6.74. The van der Waals surface area contributed by atoms with E-state index >= 15 is 4.39 Å². The number of hydrogen-bond donors (Lipinski definition) is 2. The second-order valence-electron chi connectivity index (χ2n) is 9.00. The Morgan fingerprint density at radius 1 is 1.00 bits per heavy atom. The molecule has 2 aliphatic rings. The van der Waals surface area contributed by atoms with Gasteiger partial charge >= 0.3 is 0 Å². The Balaban J connectivity index is 1.48. The second-order valence-corrected chi connectivity index (χ2v) is 9.00. The topological polar surface area (TPSA) is 65.4 Å². The maximum absolute atomic E-state index is 15.2. The van der Waals surface area contributed by atoms with Gasteiger partial charge in [-0.3, -0.25) is 4.90 Å². The number of nitrogens with zero attached hydrogens (tertiary/aromatic N) is 2. The van der Waals surface area contributed by atoms with Crippen LogP contribution < -0.4 is 14.4 Å². The summed E-state index contributed by atoms with van der Waals surface area (Å²) in [5.74, 6) is 0.620. The van der Waals surface area contributed by atoms with Crippen molar-refractivity contribution >= 4 is 11.4 Å². The fourth-order valence-corrected chi connectivity index (χ4v) is 4.82. The Morgan fingerprint density at radius 3 is 2.44 bits per heavy atom. The lowest BCUT2D eigenvalue weighted by atomic mass is 9.96. The first-order valence-electron chi connectivity index (χ1n) is 11.7. The summed E-state index contributed by atoms with van der Waals surface area (Å²) in [5, 5.41) is 19.7. The molecule has 6 nitrogen and oxygen atoms in total. The number of hydrogen-bond acceptors (Lipinski definition) is 6. The fourth-order valence-electron chi connectivity index (χ4n) is 4.82. The largest absolute Gasteiger partial charge is 0.508 e. The number of anilines is 2. The van der Waals surface area contributed by atoms with Crippen molar-refractivity contribution in [3.63, 3.8) is 0 Å². The first kappa shape index (κ1) is 22.3. The van der Waals surface area contributed by atoms with Crippen molar-refractivity contribution in [2.24, 2.45) is 0 Å². The van der Waals surface area contributed by atoms with Crippen LogP contribution in [-0.4, -0.2) is 47.0 Å². The van der Waals surface area contributed by atoms with Gasteiger partial charge in [0.2, 0.25) is 0 Å². The molecule has 0 saturated carbocycles. The maximum Gasteiger partial charge on any atom is 0.167 e. The minimum atomic E-state index is -0.421. The van der Waals surface area contributed by atoms with Crippen LogP contribution in [0.25, 0.3) is 0 Å². The van der Waals surface area contributed by atoms with Gasteiger partial charge in [-0.25, -0.2) is 4.39 Å². The minimum absolute atomic E-state index is 0.00348. The molecule has 0 aliphatic carbocycles. The van der Waals surface area contributed by atoms with Gasteiger partial charge in [0.25, 0.3) is 0 Å². The van der Waals surface area contributed by atoms with E-state index in [-0.39, 0.29) is 35.5 Å². The Hall–Kier alpha value is -3.45. The molecule has 5 rings (SSSR count). The van der Waals surface area contributed by atoms with Crippen molar-refractivity contribution in [2.75, 3.05) is 24.5 Å². The number of rotatable bonds is 6. The molecule has 2 aliphatic heterocycles. The smallest absolute Gasteiger partial charge is 0.167 e. The average Bonchev–Trinajstić information content (AvgIpc) is 2.78. The Bertz CT molecular complexity index is 1160. The molecule has 2 N–H and O–H groups in total. The Kier molecular flexibility index (Phi) is 5.96. The second kappa shape index (κ2) is 9.06. The van der Waals surface area contributed by atoms with Gasteiger partial charge in [0.15, 0.2) is 11.6 Å². The van der Waals surface area contributed by atoms with Crippen molar-refractivity contribution < 1.29 is 24.1 Å². The molecular weight excluding hydrogens is 435 g/mol. The molecule has 0 aromatic heterocycles. The van der Waals surface area contributed by atoms with Gasteiger partial charge in [0.05, 0.1) is 11.7 Å². The lowest BCUT2D eigenvalue weighted by molar-refractivity contribution is 0.0179. The van der Waals surface area contributed by atoms with Crippen molar-refractivity contribution in [3.05, 3.63) is 72.0 Å². The summed E-state index contributed by atoms with van der Waals surface area (Å²) in [6.07, 6.45) is 0.788. The summed E-state index contributed by atoms with van der Waals surface area (Å²) in [4.78, 5) is 4.30. The van der Waals surface area contributed by atoms with Gasteiger partial charge < -0.3 is 24.6 Å². The van der Waals surface area contributed by atoms with Crippen molar-refractivity contribution in [3.8, 4) is 23.0 Å². The molecule has 1 saturated heterocycles. The lowest BCUT2D eigenvalue weighted by Crippen LogP contribution is -2.53. The Labute approximate surface area is 198 Å². The van der Waals surface area contributed by atoms with E-state index in [0.29, 0.717) is 11.4 Å². The van der Waals surface area contributed by atoms with Gasteiger partial charge in [0.1, 0.15) is 29.5 Å². The van der Waals surface area contributed by atoms with Crippen LogP contribution >= 0.6 is 0 Å². The molecule has 0 bridgehead atoms. The van der Waals surface area contributed by atoms with Crippen LogP contribution in [0, 0.1) is 5.82 Å². The monoisotopic (exact) mass is 464 g/mol. The standard InChI is InChI=1S/C27H29FN2O4/c1-3-12-29-15-22(16-29)34-25-11-6-19(13-23(25)28)30-24-10-9-21(32)14-26(24)33-17(2)27(30)18-4-7-20(31)8-5-18/h4-11,13-14,17,22,27,31-32H,3,12,15-16H2,1-2H3/t17?,27-/m0/s1. The zero-order valence-electron chi connectivity index (χ0n) is 19.3. The Morgan fingerprint density at radius 2 is 1.74 bits per heavy atom. The van der Waals surface area contributed by atoms with E-state index in [1.807, 2.05) is 30.0 Å². The van der Waals surface area contributed by atoms with Gasteiger partial charge in [-0.15, -0.1) is 0 Å². The molecule has 1 fully saturated rings. The number of fused-ring (bicyclic) bond motifs is 1. The van der Waals surface area contributed by atoms with E-state index < -0.39 is 5.82 Å². The zero-order chi connectivity index (χ0) is 23.8. The van der Waals surface area contributed by atoms with Crippen LogP contribution in [0.5, 0.6) is 23.0 Å². The van der Waals surface area contributed by atoms with Crippen molar-refractivity contribution in [2.45, 2.75) is 38.5 Å². The molecule has 2 heterocycles. The number of benzene rings is 3. The van der Waals surface area contributed by atoms with E-state index in [0.717, 1.165) is 37.3 Å². The molecule has 7 heteroatoms. The van der Waals surface area contributed by atoms with Crippen LogP contribution in [0.15, 0.2) is 60.7 Å². The van der Waals surface area contributed by atoms with Crippen molar-refractivity contribution in [1.82, 2.24) is 4.90 Å². The molecular formula is C27H29FN2O4. The third-order valence-corrected chi connectivity index (χ3v) is 6.42. The van der Waals surface area contributed by atoms with Gasteiger partial charge in [-0.05, 0) is 61.9 Å². The highest BCUT2D eigenvalue weighted by atomic mass is 19.1. The SMILES string of the molecule is CCCN1CC(Oc2ccc(N3c4ccc(O)cc4OC(C)[C@H]3c3ccc(O)cc3)cc2F)C1. The third-order valence-electron chi connectivity index (χ3n) is 6.42. The van der Waals surface area contributed by atoms with E-state index in [9.17, 15) is 10.2 Å². The van der Waals surface area contributed by atoms with Crippen molar-refractivity contribution in [1.29, 1.82) is 0 Å². The summed E-state index contributed by atoms with van der Waals surface area (Å²) in [5.41, 5.74) is 2.28. The first-order valence-corrected chi connectivity index (χ1v) is 11.7. The first-order chi connectivity index (χ1) is 16.4. The normalized spacial score (nSPS) is 20.4. The van der Waals surface area contributed by atoms with Gasteiger partial charge in [0, 0.05) is 30.9 Å². The van der Waals surface area contributed by atoms with Gasteiger partial charge in [-0.1, -0.05) is 19.1 Å². The third kappa shape index (κ3) is 4.23. The summed E-state index contributed by atoms with van der Waals surface area (Å²) in [6, 6.07) is 16.6. The number of phenols is 2. The van der Waals surface area contributed by atoms with E-state index in [1.54, 1.807) is 36.4 Å². The zero-order valence-corrected chi connectivity index (χ0v) is 19.3. The molecule has 0 amide bonds. The number of halogens is 1. The summed E-state index contributed by atoms with van der Waals surface area (Å²) < 4.78 is 27.3. The number of ether oxygens (including phenoxy) is 2. The van der Waals surface area contributed by atoms with Crippen LogP contribution in [0.2, 0.25) is 0 Å². The van der Waals surface area contributed by atoms with Crippen LogP contribution in [0.1, 0.15) is 31.9 Å². The van der Waals surface area contributed by atoms with Gasteiger partial charge in [-0.2, -0.15) is 0 Å². The summed E-state index contributed by atoms with van der Waals surface area (Å²) >= 11 is 0. The van der Waals surface area contributed by atoms with Crippen LogP contribution in [-0.2, 0) is 0 Å². The quantitative estimate of drug-likeness (QED) is 0.511. The fraction of sp³-hybridized carbons (Fsp3) is 0.333. The predicted octanol–water partition coefficient (Wildman–Crippen LogP) is 5.37. The number of phenolic OH excluding ortho intramolecular Hbond substituents is 2. The average molecular weight is 465 g/mol. The summed E-state index contributed by atoms with van der Waals surface area (Å²) in [7, 11) is 0. The predicted molar refractivity (Wildman–Crippen MR) is 129 cm³/mol. The molecule has 1 unspecified atom stereocenters. The highest BCUT2D eigenvalue weighted by Gasteiger charge is 2.36. The van der Waals surface area contributed by atoms with E-state index in [4.69, 9.17) is 9.47 Å². The molecule has 3 aromatic rings. The molecule has 34 heavy (non-hydrogen) atoms. The molecule has 0 radical (unpaired) electrons. The van der Waals surface area contributed by atoms with Crippen LogP contribution in [0.3, 0.4) is 0 Å². The molecule has 2 atom stereocenters. The van der Waals surface area contributed by atoms with Crippen LogP contribution in [0.4, 0.5) is 15.8 Å². The molecule has 0 spiro atoms. The minimum Gasteiger partial charge on any atom is -0.508 e.